The van der Waals surface area contributed by atoms with Gasteiger partial charge in [0.25, 0.3) is 0 Å². The number of rotatable bonds is 3. The molecule has 0 atom stereocenters. The second-order valence-corrected chi connectivity index (χ2v) is 3.62. The monoisotopic (exact) mass is 250 g/mol. The van der Waals surface area contributed by atoms with Gasteiger partial charge in [0.15, 0.2) is 5.69 Å². The highest BCUT2D eigenvalue weighted by Crippen LogP contribution is 2.15. The molecule has 1 aromatic heterocycles. The molecule has 84 valence electrons. The predicted molar refractivity (Wildman–Crippen MR) is 60.8 cm³/mol. The highest BCUT2D eigenvalue weighted by Gasteiger charge is 2.10. The number of halogens is 2. The van der Waals surface area contributed by atoms with E-state index in [0.717, 1.165) is 5.56 Å². The van der Waals surface area contributed by atoms with Gasteiger partial charge in [-0.2, -0.15) is 0 Å². The van der Waals surface area contributed by atoms with Crippen LogP contribution in [0.25, 0.3) is 0 Å². The molecule has 4 nitrogen and oxygen atoms in total. The number of carbonyl (C=O) groups is 1. The van der Waals surface area contributed by atoms with Gasteiger partial charge in [-0.05, 0) is 25.7 Å². The van der Waals surface area contributed by atoms with Crippen LogP contribution in [0.1, 0.15) is 16.1 Å². The lowest BCUT2D eigenvalue weighted by Crippen LogP contribution is -2.11. The van der Waals surface area contributed by atoms with Gasteiger partial charge in [-0.15, -0.1) is 12.4 Å². The molecule has 1 N–H and O–H groups in total. The van der Waals surface area contributed by atoms with Crippen LogP contribution in [-0.2, 0) is 6.54 Å². The van der Waals surface area contributed by atoms with Crippen molar-refractivity contribution < 1.29 is 9.90 Å². The van der Waals surface area contributed by atoms with E-state index in [4.69, 9.17) is 16.7 Å². The molecular weight excluding hydrogens is 239 g/mol. The Kier molecular flexibility index (Phi) is 5.57. The number of hydrogen-bond donors (Lipinski definition) is 1. The number of carboxylic acids is 1. The first-order chi connectivity index (χ1) is 6.50. The quantitative estimate of drug-likeness (QED) is 0.891. The molecule has 1 heterocycles. The first kappa shape index (κ1) is 14.2. The van der Waals surface area contributed by atoms with Crippen molar-refractivity contribution in [1.29, 1.82) is 0 Å². The Morgan fingerprint density at radius 3 is 2.60 bits per heavy atom. The Hall–Kier alpha value is -0.840. The number of nitrogens with zero attached hydrogens (tertiary/aromatic N) is 2. The molecule has 0 aliphatic carbocycles. The van der Waals surface area contributed by atoms with Crippen molar-refractivity contribution in [3.8, 4) is 0 Å². The number of aromatic nitrogens is 1. The van der Waals surface area contributed by atoms with Crippen LogP contribution >= 0.6 is 24.0 Å². The van der Waals surface area contributed by atoms with Gasteiger partial charge in [0.2, 0.25) is 0 Å². The normalized spacial score (nSPS) is 9.87. The molecular formula is C9H12Cl2N2O2. The average molecular weight is 251 g/mol. The molecule has 0 saturated carbocycles. The molecule has 1 aromatic rings. The van der Waals surface area contributed by atoms with E-state index in [2.05, 4.69) is 4.98 Å². The molecule has 0 amide bonds. The van der Waals surface area contributed by atoms with Crippen LogP contribution in [0.4, 0.5) is 0 Å². The van der Waals surface area contributed by atoms with Crippen molar-refractivity contribution in [1.82, 2.24) is 9.88 Å². The van der Waals surface area contributed by atoms with Crippen molar-refractivity contribution >= 4 is 30.0 Å². The van der Waals surface area contributed by atoms with Crippen molar-refractivity contribution in [3.05, 3.63) is 28.5 Å². The molecule has 0 aliphatic heterocycles. The summed E-state index contributed by atoms with van der Waals surface area (Å²) in [5.74, 6) is -1.11. The van der Waals surface area contributed by atoms with Crippen LogP contribution in [0.15, 0.2) is 12.3 Å². The number of hydrogen-bond acceptors (Lipinski definition) is 3. The molecule has 15 heavy (non-hydrogen) atoms. The lowest BCUT2D eigenvalue weighted by atomic mass is 10.2. The van der Waals surface area contributed by atoms with Gasteiger partial charge in [-0.3, -0.25) is 0 Å². The Morgan fingerprint density at radius 1 is 1.60 bits per heavy atom. The molecule has 1 rings (SSSR count). The van der Waals surface area contributed by atoms with Crippen molar-refractivity contribution in [3.63, 3.8) is 0 Å². The van der Waals surface area contributed by atoms with E-state index in [9.17, 15) is 4.79 Å². The van der Waals surface area contributed by atoms with E-state index in [1.54, 1.807) is 6.07 Å². The maximum atomic E-state index is 10.6. The van der Waals surface area contributed by atoms with Gasteiger partial charge in [0.1, 0.15) is 0 Å². The van der Waals surface area contributed by atoms with Gasteiger partial charge in [-0.25, -0.2) is 9.78 Å². The molecule has 0 saturated heterocycles. The van der Waals surface area contributed by atoms with Crippen molar-refractivity contribution in [2.24, 2.45) is 0 Å². The second-order valence-electron chi connectivity index (χ2n) is 3.22. The number of aromatic carboxylic acids is 1. The molecule has 0 unspecified atom stereocenters. The third kappa shape index (κ3) is 4.03. The maximum absolute atomic E-state index is 10.6. The first-order valence-electron chi connectivity index (χ1n) is 4.03. The minimum atomic E-state index is -1.11. The molecule has 6 heteroatoms. The SMILES string of the molecule is CN(C)Cc1cnc(C(=O)O)c(Cl)c1.Cl. The number of pyridine rings is 1. The summed E-state index contributed by atoms with van der Waals surface area (Å²) in [7, 11) is 3.83. The summed E-state index contributed by atoms with van der Waals surface area (Å²) in [6.07, 6.45) is 1.52. The summed E-state index contributed by atoms with van der Waals surface area (Å²) in [6, 6.07) is 1.62. The highest BCUT2D eigenvalue weighted by atomic mass is 35.5. The van der Waals surface area contributed by atoms with Gasteiger partial charge < -0.3 is 10.0 Å². The molecule has 0 fully saturated rings. The van der Waals surface area contributed by atoms with Crippen LogP contribution in [0.2, 0.25) is 5.02 Å². The van der Waals surface area contributed by atoms with Gasteiger partial charge in [-0.1, -0.05) is 11.6 Å². The molecule has 0 aromatic carbocycles. The molecule has 0 radical (unpaired) electrons. The van der Waals surface area contributed by atoms with Crippen LogP contribution in [0.3, 0.4) is 0 Å². The Bertz CT molecular complexity index is 356. The van der Waals surface area contributed by atoms with Crippen LogP contribution in [-0.4, -0.2) is 35.1 Å². The third-order valence-electron chi connectivity index (χ3n) is 1.60. The fraction of sp³-hybridized carbons (Fsp3) is 0.333. The molecule has 0 aliphatic rings. The van der Waals surface area contributed by atoms with Crippen LogP contribution in [0.5, 0.6) is 0 Å². The summed E-state index contributed by atoms with van der Waals surface area (Å²) in [5.41, 5.74) is 0.791. The number of carboxylic acid groups (broad SMARTS) is 1. The zero-order valence-electron chi connectivity index (χ0n) is 8.40. The fourth-order valence-corrected chi connectivity index (χ4v) is 1.36. The van der Waals surface area contributed by atoms with Crippen molar-refractivity contribution in [2.45, 2.75) is 6.54 Å². The average Bonchev–Trinajstić information content (AvgIpc) is 2.01. The maximum Gasteiger partial charge on any atom is 0.356 e. The minimum Gasteiger partial charge on any atom is -0.476 e. The lowest BCUT2D eigenvalue weighted by Gasteiger charge is -2.09. The van der Waals surface area contributed by atoms with Gasteiger partial charge in [0, 0.05) is 12.7 Å². The van der Waals surface area contributed by atoms with E-state index in [1.165, 1.54) is 6.20 Å². The summed E-state index contributed by atoms with van der Waals surface area (Å²) < 4.78 is 0. The zero-order valence-corrected chi connectivity index (χ0v) is 9.97. The lowest BCUT2D eigenvalue weighted by molar-refractivity contribution is 0.0690. The fourth-order valence-electron chi connectivity index (χ4n) is 1.09. The predicted octanol–water partition coefficient (Wildman–Crippen LogP) is 1.92. The van der Waals surface area contributed by atoms with Crippen molar-refractivity contribution in [2.75, 3.05) is 14.1 Å². The second kappa shape index (κ2) is 5.90. The summed E-state index contributed by atoms with van der Waals surface area (Å²) in [6.45, 7) is 0.687. The molecule has 0 spiro atoms. The standard InChI is InChI=1S/C9H11ClN2O2.ClH/c1-12(2)5-6-3-7(10)8(9(13)14)11-4-6;/h3-4H,5H2,1-2H3,(H,13,14);1H. The smallest absolute Gasteiger partial charge is 0.356 e. The van der Waals surface area contributed by atoms with Gasteiger partial charge in [0.05, 0.1) is 5.02 Å². The first-order valence-corrected chi connectivity index (χ1v) is 4.41. The van der Waals surface area contributed by atoms with E-state index in [1.807, 2.05) is 19.0 Å². The largest absolute Gasteiger partial charge is 0.476 e. The third-order valence-corrected chi connectivity index (χ3v) is 1.89. The summed E-state index contributed by atoms with van der Waals surface area (Å²) in [5, 5.41) is 8.86. The molecule has 0 bridgehead atoms. The van der Waals surface area contributed by atoms with Crippen LogP contribution in [0, 0.1) is 0 Å². The van der Waals surface area contributed by atoms with Crippen LogP contribution < -0.4 is 0 Å². The van der Waals surface area contributed by atoms with E-state index >= 15 is 0 Å². The summed E-state index contributed by atoms with van der Waals surface area (Å²) in [4.78, 5) is 16.3. The van der Waals surface area contributed by atoms with E-state index < -0.39 is 5.97 Å². The Balaban J connectivity index is 0.00000196. The van der Waals surface area contributed by atoms with E-state index in [0.29, 0.717) is 6.54 Å². The Labute approximate surface area is 99.3 Å². The Morgan fingerprint density at radius 2 is 2.20 bits per heavy atom. The topological polar surface area (TPSA) is 53.4 Å². The van der Waals surface area contributed by atoms with Gasteiger partial charge >= 0.3 is 5.97 Å². The zero-order chi connectivity index (χ0) is 10.7. The highest BCUT2D eigenvalue weighted by molar-refractivity contribution is 6.33. The minimum absolute atomic E-state index is 0. The van der Waals surface area contributed by atoms with E-state index in [-0.39, 0.29) is 23.1 Å². The summed E-state index contributed by atoms with van der Waals surface area (Å²) >= 11 is 5.75.